The van der Waals surface area contributed by atoms with E-state index in [1.54, 1.807) is 24.6 Å². The van der Waals surface area contributed by atoms with E-state index in [2.05, 4.69) is 15.3 Å². The first-order valence-corrected chi connectivity index (χ1v) is 9.29. The van der Waals surface area contributed by atoms with Gasteiger partial charge in [0.2, 0.25) is 5.91 Å². The second-order valence-corrected chi connectivity index (χ2v) is 6.77. The van der Waals surface area contributed by atoms with Gasteiger partial charge in [-0.25, -0.2) is 9.97 Å². The third-order valence-electron chi connectivity index (χ3n) is 3.82. The third-order valence-corrected chi connectivity index (χ3v) is 4.85. The Labute approximate surface area is 156 Å². The van der Waals surface area contributed by atoms with Gasteiger partial charge in [0.1, 0.15) is 5.75 Å². The van der Waals surface area contributed by atoms with Gasteiger partial charge in [0, 0.05) is 42.4 Å². The van der Waals surface area contributed by atoms with Gasteiger partial charge in [-0.2, -0.15) is 0 Å². The number of carbonyl (C=O) groups excluding carboxylic acids is 1. The number of methoxy groups -OCH3 is 1. The highest BCUT2D eigenvalue weighted by atomic mass is 32.1. The Hall–Kier alpha value is -2.67. The summed E-state index contributed by atoms with van der Waals surface area (Å²) >= 11 is 1.62. The fraction of sp³-hybridized carbons (Fsp3) is 0.316. The summed E-state index contributed by atoms with van der Waals surface area (Å²) < 4.78 is 10.9. The van der Waals surface area contributed by atoms with Crippen LogP contribution in [0.2, 0.25) is 0 Å². The molecule has 1 N–H and O–H groups in total. The third kappa shape index (κ3) is 4.92. The molecular weight excluding hydrogens is 350 g/mol. The van der Waals surface area contributed by atoms with Gasteiger partial charge < -0.3 is 14.5 Å². The molecule has 1 aromatic carbocycles. The van der Waals surface area contributed by atoms with E-state index >= 15 is 0 Å². The first-order chi connectivity index (χ1) is 12.6. The minimum Gasteiger partial charge on any atom is -0.497 e. The van der Waals surface area contributed by atoms with Gasteiger partial charge in [-0.1, -0.05) is 0 Å². The van der Waals surface area contributed by atoms with Gasteiger partial charge in [-0.05, 0) is 31.2 Å². The molecule has 6 nitrogen and oxygen atoms in total. The minimum absolute atomic E-state index is 0.0116. The summed E-state index contributed by atoms with van der Waals surface area (Å²) in [5.74, 6) is 2.02. The zero-order valence-electron chi connectivity index (χ0n) is 14.8. The van der Waals surface area contributed by atoms with E-state index in [0.717, 1.165) is 28.4 Å². The van der Waals surface area contributed by atoms with Crippen LogP contribution in [0.5, 0.6) is 5.75 Å². The summed E-state index contributed by atoms with van der Waals surface area (Å²) in [5, 5.41) is 5.96. The molecule has 0 unspecified atom stereocenters. The second-order valence-electron chi connectivity index (χ2n) is 5.83. The van der Waals surface area contributed by atoms with Crippen LogP contribution in [0.1, 0.15) is 23.0 Å². The van der Waals surface area contributed by atoms with Crippen molar-refractivity contribution >= 4 is 17.2 Å². The van der Waals surface area contributed by atoms with E-state index in [1.807, 2.05) is 36.6 Å². The molecule has 3 aromatic rings. The minimum atomic E-state index is -0.0116. The van der Waals surface area contributed by atoms with E-state index in [0.29, 0.717) is 31.0 Å². The second kappa shape index (κ2) is 8.62. The highest BCUT2D eigenvalue weighted by Crippen LogP contribution is 2.23. The number of amides is 1. The SMILES string of the molecule is COc1ccc(-c2cnc(CCC(=O)NCCc3nc(C)cs3)o2)cc1. The predicted molar refractivity (Wildman–Crippen MR) is 100 cm³/mol. The van der Waals surface area contributed by atoms with Crippen LogP contribution in [-0.4, -0.2) is 29.5 Å². The molecule has 0 bridgehead atoms. The van der Waals surface area contributed by atoms with E-state index in [-0.39, 0.29) is 5.91 Å². The molecule has 136 valence electrons. The van der Waals surface area contributed by atoms with Crippen LogP contribution < -0.4 is 10.1 Å². The summed E-state index contributed by atoms with van der Waals surface area (Å²) in [4.78, 5) is 20.6. The molecule has 0 atom stereocenters. The van der Waals surface area contributed by atoms with E-state index in [1.165, 1.54) is 0 Å². The number of carbonyl (C=O) groups is 1. The van der Waals surface area contributed by atoms with E-state index in [9.17, 15) is 4.79 Å². The zero-order chi connectivity index (χ0) is 18.4. The Balaban J connectivity index is 1.44. The number of rotatable bonds is 8. The molecule has 0 fully saturated rings. The number of oxazole rings is 1. The van der Waals surface area contributed by atoms with Crippen LogP contribution in [0.4, 0.5) is 0 Å². The lowest BCUT2D eigenvalue weighted by Gasteiger charge is -2.02. The van der Waals surface area contributed by atoms with Crippen LogP contribution in [-0.2, 0) is 17.6 Å². The normalized spacial score (nSPS) is 10.7. The van der Waals surface area contributed by atoms with Crippen molar-refractivity contribution in [2.45, 2.75) is 26.2 Å². The molecule has 0 aliphatic carbocycles. The van der Waals surface area contributed by atoms with Gasteiger partial charge in [-0.3, -0.25) is 4.79 Å². The molecule has 26 heavy (non-hydrogen) atoms. The molecule has 0 spiro atoms. The number of nitrogens with zero attached hydrogens (tertiary/aromatic N) is 2. The first-order valence-electron chi connectivity index (χ1n) is 8.41. The van der Waals surface area contributed by atoms with E-state index in [4.69, 9.17) is 9.15 Å². The Bertz CT molecular complexity index is 855. The molecule has 3 rings (SSSR count). The van der Waals surface area contributed by atoms with Crippen LogP contribution in [0.25, 0.3) is 11.3 Å². The first kappa shape index (κ1) is 18.1. The van der Waals surface area contributed by atoms with Crippen molar-refractivity contribution in [1.82, 2.24) is 15.3 Å². The van der Waals surface area contributed by atoms with Crippen LogP contribution in [0.15, 0.2) is 40.3 Å². The lowest BCUT2D eigenvalue weighted by atomic mass is 10.2. The summed E-state index contributed by atoms with van der Waals surface area (Å²) in [7, 11) is 1.63. The molecule has 2 aromatic heterocycles. The standard InChI is InChI=1S/C19H21N3O3S/c1-13-12-26-19(22-13)9-10-20-17(23)7-8-18-21-11-16(25-18)14-3-5-15(24-2)6-4-14/h3-6,11-12H,7-10H2,1-2H3,(H,20,23). The fourth-order valence-electron chi connectivity index (χ4n) is 2.45. The van der Waals surface area contributed by atoms with Crippen molar-refractivity contribution in [3.05, 3.63) is 52.4 Å². The maximum absolute atomic E-state index is 11.9. The number of hydrogen-bond donors (Lipinski definition) is 1. The molecule has 0 saturated carbocycles. The lowest BCUT2D eigenvalue weighted by Crippen LogP contribution is -2.25. The Morgan fingerprint density at radius 2 is 2.08 bits per heavy atom. The summed E-state index contributed by atoms with van der Waals surface area (Å²) in [6.45, 7) is 2.56. The van der Waals surface area contributed by atoms with E-state index < -0.39 is 0 Å². The summed E-state index contributed by atoms with van der Waals surface area (Å²) in [5.41, 5.74) is 1.95. The fourth-order valence-corrected chi connectivity index (χ4v) is 3.23. The van der Waals surface area contributed by atoms with Crippen molar-refractivity contribution in [1.29, 1.82) is 0 Å². The van der Waals surface area contributed by atoms with Crippen molar-refractivity contribution in [3.8, 4) is 17.1 Å². The van der Waals surface area contributed by atoms with Gasteiger partial charge >= 0.3 is 0 Å². The van der Waals surface area contributed by atoms with Gasteiger partial charge in [0.05, 0.1) is 18.3 Å². The summed E-state index contributed by atoms with van der Waals surface area (Å²) in [6.07, 6.45) is 3.25. The molecule has 0 aliphatic heterocycles. The molecule has 2 heterocycles. The predicted octanol–water partition coefficient (Wildman–Crippen LogP) is 3.41. The molecular formula is C19H21N3O3S. The number of hydrogen-bond acceptors (Lipinski definition) is 6. The molecule has 0 radical (unpaired) electrons. The van der Waals surface area contributed by atoms with Gasteiger partial charge in [0.25, 0.3) is 0 Å². The number of ether oxygens (including phenoxy) is 1. The maximum Gasteiger partial charge on any atom is 0.220 e. The monoisotopic (exact) mass is 371 g/mol. The number of nitrogens with one attached hydrogen (secondary N) is 1. The average Bonchev–Trinajstić information content (AvgIpc) is 3.29. The lowest BCUT2D eigenvalue weighted by molar-refractivity contribution is -0.121. The molecule has 0 aliphatic rings. The Morgan fingerprint density at radius 1 is 1.27 bits per heavy atom. The van der Waals surface area contributed by atoms with Crippen molar-refractivity contribution in [3.63, 3.8) is 0 Å². The number of aryl methyl sites for hydroxylation is 2. The number of thiazole rings is 1. The highest BCUT2D eigenvalue weighted by molar-refractivity contribution is 7.09. The maximum atomic E-state index is 11.9. The number of aromatic nitrogens is 2. The largest absolute Gasteiger partial charge is 0.497 e. The number of benzene rings is 1. The smallest absolute Gasteiger partial charge is 0.220 e. The Morgan fingerprint density at radius 3 is 2.77 bits per heavy atom. The van der Waals surface area contributed by atoms with Gasteiger partial charge in [0.15, 0.2) is 11.7 Å². The molecule has 7 heteroatoms. The van der Waals surface area contributed by atoms with Crippen molar-refractivity contribution < 1.29 is 13.9 Å². The quantitative estimate of drug-likeness (QED) is 0.657. The zero-order valence-corrected chi connectivity index (χ0v) is 15.6. The average molecular weight is 371 g/mol. The van der Waals surface area contributed by atoms with Gasteiger partial charge in [-0.15, -0.1) is 11.3 Å². The van der Waals surface area contributed by atoms with Crippen molar-refractivity contribution in [2.24, 2.45) is 0 Å². The van der Waals surface area contributed by atoms with Crippen LogP contribution >= 0.6 is 11.3 Å². The Kier molecular flexibility index (Phi) is 6.01. The van der Waals surface area contributed by atoms with Crippen LogP contribution in [0, 0.1) is 6.92 Å². The molecule has 1 amide bonds. The molecule has 0 saturated heterocycles. The highest BCUT2D eigenvalue weighted by Gasteiger charge is 2.09. The van der Waals surface area contributed by atoms with Crippen LogP contribution in [0.3, 0.4) is 0 Å². The summed E-state index contributed by atoms with van der Waals surface area (Å²) in [6, 6.07) is 7.57. The van der Waals surface area contributed by atoms with Crippen molar-refractivity contribution in [2.75, 3.05) is 13.7 Å². The topological polar surface area (TPSA) is 77.2 Å².